The molecule has 0 aliphatic carbocycles. The number of hydrogen-bond acceptors (Lipinski definition) is 3. The van der Waals surface area contributed by atoms with Gasteiger partial charge in [-0.3, -0.25) is 9.59 Å². The van der Waals surface area contributed by atoms with Crippen LogP contribution in [0.25, 0.3) is 0 Å². The van der Waals surface area contributed by atoms with Gasteiger partial charge in [-0.1, -0.05) is 49.4 Å². The van der Waals surface area contributed by atoms with Crippen LogP contribution in [0, 0.1) is 0 Å². The normalized spacial score (nSPS) is 17.2. The quantitative estimate of drug-likeness (QED) is 0.470. The molecule has 0 radical (unpaired) electrons. The lowest BCUT2D eigenvalue weighted by atomic mass is 9.89. The lowest BCUT2D eigenvalue weighted by molar-refractivity contribution is -0.118. The van der Waals surface area contributed by atoms with E-state index in [-0.39, 0.29) is 23.9 Å². The SMILES string of the molecule is CCOc1cccc(C(=O)N2c3ccccc3[C@@H](N(C(=O)CC)c3ccccc3)C[C@H]2C)c1. The molecule has 170 valence electrons. The van der Waals surface area contributed by atoms with Gasteiger partial charge in [0, 0.05) is 29.4 Å². The molecule has 5 heteroatoms. The number of carbonyl (C=O) groups is 2. The molecule has 4 rings (SSSR count). The minimum absolute atomic E-state index is 0.0666. The molecule has 1 aliphatic rings. The van der Waals surface area contributed by atoms with Crippen molar-refractivity contribution in [2.24, 2.45) is 0 Å². The van der Waals surface area contributed by atoms with Crippen molar-refractivity contribution >= 4 is 23.2 Å². The van der Waals surface area contributed by atoms with E-state index in [0.717, 1.165) is 16.9 Å². The van der Waals surface area contributed by atoms with Crippen molar-refractivity contribution in [1.29, 1.82) is 0 Å². The molecule has 0 fully saturated rings. The van der Waals surface area contributed by atoms with Crippen LogP contribution in [0.2, 0.25) is 0 Å². The van der Waals surface area contributed by atoms with Crippen LogP contribution < -0.4 is 14.5 Å². The lowest BCUT2D eigenvalue weighted by Gasteiger charge is -2.43. The first-order chi connectivity index (χ1) is 16.0. The van der Waals surface area contributed by atoms with E-state index in [1.807, 2.05) is 103 Å². The molecule has 0 N–H and O–H groups in total. The number of hydrogen-bond donors (Lipinski definition) is 0. The van der Waals surface area contributed by atoms with Crippen molar-refractivity contribution in [3.05, 3.63) is 90.0 Å². The molecule has 2 atom stereocenters. The third-order valence-corrected chi connectivity index (χ3v) is 6.09. The van der Waals surface area contributed by atoms with Crippen molar-refractivity contribution in [2.75, 3.05) is 16.4 Å². The van der Waals surface area contributed by atoms with Crippen LogP contribution in [0.4, 0.5) is 11.4 Å². The van der Waals surface area contributed by atoms with Crippen LogP contribution in [0.5, 0.6) is 5.75 Å². The minimum atomic E-state index is -0.148. The van der Waals surface area contributed by atoms with E-state index >= 15 is 0 Å². The number of benzene rings is 3. The molecule has 0 spiro atoms. The number of carbonyl (C=O) groups excluding carboxylic acids is 2. The number of nitrogens with zero attached hydrogens (tertiary/aromatic N) is 2. The number of fused-ring (bicyclic) bond motifs is 1. The van der Waals surface area contributed by atoms with Gasteiger partial charge in [0.05, 0.1) is 12.6 Å². The average molecular weight is 443 g/mol. The van der Waals surface area contributed by atoms with E-state index in [4.69, 9.17) is 4.74 Å². The van der Waals surface area contributed by atoms with E-state index in [1.165, 1.54) is 0 Å². The van der Waals surface area contributed by atoms with Gasteiger partial charge in [-0.15, -0.1) is 0 Å². The van der Waals surface area contributed by atoms with Gasteiger partial charge >= 0.3 is 0 Å². The van der Waals surface area contributed by atoms with E-state index in [9.17, 15) is 9.59 Å². The fraction of sp³-hybridized carbons (Fsp3) is 0.286. The minimum Gasteiger partial charge on any atom is -0.494 e. The van der Waals surface area contributed by atoms with Crippen molar-refractivity contribution in [3.8, 4) is 5.75 Å². The highest BCUT2D eigenvalue weighted by Crippen LogP contribution is 2.43. The molecule has 2 amide bonds. The molecule has 0 saturated heterocycles. The number of amides is 2. The first-order valence-corrected chi connectivity index (χ1v) is 11.6. The molecule has 0 saturated carbocycles. The van der Waals surface area contributed by atoms with Gasteiger partial charge < -0.3 is 14.5 Å². The number of anilines is 2. The van der Waals surface area contributed by atoms with Crippen LogP contribution >= 0.6 is 0 Å². The van der Waals surface area contributed by atoms with Gasteiger partial charge in [0.15, 0.2) is 0 Å². The molecule has 1 aliphatic heterocycles. The van der Waals surface area contributed by atoms with Gasteiger partial charge in [0.25, 0.3) is 5.91 Å². The lowest BCUT2D eigenvalue weighted by Crippen LogP contribution is -2.47. The Kier molecular flexibility index (Phi) is 6.78. The fourth-order valence-electron chi connectivity index (χ4n) is 4.62. The molecular formula is C28H30N2O3. The van der Waals surface area contributed by atoms with Crippen LogP contribution in [-0.4, -0.2) is 24.5 Å². The predicted molar refractivity (Wildman–Crippen MR) is 132 cm³/mol. The summed E-state index contributed by atoms with van der Waals surface area (Å²) in [6.07, 6.45) is 1.06. The summed E-state index contributed by atoms with van der Waals surface area (Å²) in [6.45, 7) is 6.40. The molecule has 3 aromatic carbocycles. The van der Waals surface area contributed by atoms with Crippen LogP contribution in [-0.2, 0) is 4.79 Å². The van der Waals surface area contributed by atoms with Crippen LogP contribution in [0.3, 0.4) is 0 Å². The van der Waals surface area contributed by atoms with E-state index < -0.39 is 0 Å². The Labute approximate surface area is 195 Å². The van der Waals surface area contributed by atoms with Gasteiger partial charge in [-0.05, 0) is 62.2 Å². The standard InChI is InChI=1S/C28H30N2O3/c1-4-27(31)30(22-13-7-6-8-14-22)26-18-20(3)29(25-17-10-9-16-24(25)26)28(32)21-12-11-15-23(19-21)33-5-2/h6-17,19-20,26H,4-5,18H2,1-3H3/t20-,26+/m1/s1. The fourth-order valence-corrected chi connectivity index (χ4v) is 4.62. The molecule has 5 nitrogen and oxygen atoms in total. The maximum Gasteiger partial charge on any atom is 0.258 e. The Morgan fingerprint density at radius 1 is 0.970 bits per heavy atom. The van der Waals surface area contributed by atoms with Crippen molar-refractivity contribution < 1.29 is 14.3 Å². The Morgan fingerprint density at radius 3 is 2.42 bits per heavy atom. The molecule has 0 aromatic heterocycles. The first-order valence-electron chi connectivity index (χ1n) is 11.6. The zero-order valence-corrected chi connectivity index (χ0v) is 19.4. The van der Waals surface area contributed by atoms with Crippen molar-refractivity contribution in [1.82, 2.24) is 0 Å². The molecule has 1 heterocycles. The molecule has 3 aromatic rings. The summed E-state index contributed by atoms with van der Waals surface area (Å²) in [4.78, 5) is 30.5. The Morgan fingerprint density at radius 2 is 1.70 bits per heavy atom. The van der Waals surface area contributed by atoms with Gasteiger partial charge in [-0.2, -0.15) is 0 Å². The van der Waals surface area contributed by atoms with E-state index in [2.05, 4.69) is 0 Å². The zero-order valence-electron chi connectivity index (χ0n) is 19.4. The highest BCUT2D eigenvalue weighted by molar-refractivity contribution is 6.08. The summed E-state index contributed by atoms with van der Waals surface area (Å²) in [5.74, 6) is 0.684. The summed E-state index contributed by atoms with van der Waals surface area (Å²) in [5.41, 5.74) is 3.29. The third kappa shape index (κ3) is 4.49. The molecular weight excluding hydrogens is 412 g/mol. The number of ether oxygens (including phenoxy) is 1. The maximum atomic E-state index is 13.7. The van der Waals surface area contributed by atoms with E-state index in [1.54, 1.807) is 6.07 Å². The molecule has 33 heavy (non-hydrogen) atoms. The second-order valence-electron chi connectivity index (χ2n) is 8.25. The first kappa shape index (κ1) is 22.6. The second-order valence-corrected chi connectivity index (χ2v) is 8.25. The summed E-state index contributed by atoms with van der Waals surface area (Å²) >= 11 is 0. The smallest absolute Gasteiger partial charge is 0.258 e. The highest BCUT2D eigenvalue weighted by Gasteiger charge is 2.38. The third-order valence-electron chi connectivity index (χ3n) is 6.09. The summed E-state index contributed by atoms with van der Waals surface area (Å²) in [6, 6.07) is 24.8. The average Bonchev–Trinajstić information content (AvgIpc) is 2.85. The molecule has 0 unspecified atom stereocenters. The summed E-state index contributed by atoms with van der Waals surface area (Å²) < 4.78 is 5.60. The summed E-state index contributed by atoms with van der Waals surface area (Å²) in [5, 5.41) is 0. The van der Waals surface area contributed by atoms with Gasteiger partial charge in [0.2, 0.25) is 5.91 Å². The largest absolute Gasteiger partial charge is 0.494 e. The van der Waals surface area contributed by atoms with E-state index in [0.29, 0.717) is 30.8 Å². The van der Waals surface area contributed by atoms with Crippen LogP contribution in [0.1, 0.15) is 55.6 Å². The Balaban J connectivity index is 1.76. The Bertz CT molecular complexity index is 1130. The number of rotatable bonds is 6. The summed E-state index contributed by atoms with van der Waals surface area (Å²) in [7, 11) is 0. The maximum absolute atomic E-state index is 13.7. The molecule has 0 bridgehead atoms. The number of para-hydroxylation sites is 2. The van der Waals surface area contributed by atoms with Gasteiger partial charge in [-0.25, -0.2) is 0 Å². The van der Waals surface area contributed by atoms with Crippen molar-refractivity contribution in [3.63, 3.8) is 0 Å². The van der Waals surface area contributed by atoms with Gasteiger partial charge in [0.1, 0.15) is 5.75 Å². The zero-order chi connectivity index (χ0) is 23.4. The highest BCUT2D eigenvalue weighted by atomic mass is 16.5. The predicted octanol–water partition coefficient (Wildman–Crippen LogP) is 6.01. The topological polar surface area (TPSA) is 49.9 Å². The van der Waals surface area contributed by atoms with Crippen LogP contribution in [0.15, 0.2) is 78.9 Å². The van der Waals surface area contributed by atoms with Crippen molar-refractivity contribution in [2.45, 2.75) is 45.7 Å². The Hall–Kier alpha value is -3.60. The monoisotopic (exact) mass is 442 g/mol. The second kappa shape index (κ2) is 9.90.